The van der Waals surface area contributed by atoms with E-state index in [0.29, 0.717) is 32.0 Å². The summed E-state index contributed by atoms with van der Waals surface area (Å²) in [5.74, 6) is -2.11. The monoisotopic (exact) mass is 521 g/mol. The molecule has 0 unspecified atom stereocenters. The molecule has 1 heterocycles. The molecule has 0 spiro atoms. The number of carbonyl (C=O) groups excluding carboxylic acids is 3. The highest BCUT2D eigenvalue weighted by Crippen LogP contribution is 2.38. The number of ether oxygens (including phenoxy) is 2. The Kier molecular flexibility index (Phi) is 7.06. The molecule has 1 saturated heterocycles. The summed E-state index contributed by atoms with van der Waals surface area (Å²) in [7, 11) is 1.18. The summed E-state index contributed by atoms with van der Waals surface area (Å²) >= 11 is 7.28. The number of hydrogen-bond acceptors (Lipinski definition) is 7. The van der Waals surface area contributed by atoms with E-state index in [2.05, 4.69) is 36.6 Å². The summed E-state index contributed by atoms with van der Waals surface area (Å²) in [5.41, 5.74) is 0.563. The molecule has 0 aromatic heterocycles. The van der Waals surface area contributed by atoms with E-state index in [-0.39, 0.29) is 4.91 Å². The van der Waals surface area contributed by atoms with Crippen molar-refractivity contribution >= 4 is 72.8 Å². The van der Waals surface area contributed by atoms with Crippen molar-refractivity contribution in [2.75, 3.05) is 13.7 Å². The molecule has 8 nitrogen and oxygen atoms in total. The van der Waals surface area contributed by atoms with Gasteiger partial charge >= 0.3 is 11.9 Å². The van der Waals surface area contributed by atoms with E-state index in [0.717, 1.165) is 4.90 Å². The SMILES string of the molecule is COC(=O)[C@H](C)N1C(=O)S/C(=C/c2cc(Br)c(OCC(=O)O)c(Br)c2)C1=O. The van der Waals surface area contributed by atoms with E-state index in [4.69, 9.17) is 9.84 Å². The van der Waals surface area contributed by atoms with Crippen molar-refractivity contribution in [1.29, 1.82) is 0 Å². The minimum atomic E-state index is -1.12. The molecule has 0 bridgehead atoms. The zero-order chi connectivity index (χ0) is 20.3. The van der Waals surface area contributed by atoms with Crippen LogP contribution in [0.4, 0.5) is 4.79 Å². The number of thioether (sulfide) groups is 1. The number of nitrogens with zero attached hydrogens (tertiary/aromatic N) is 1. The van der Waals surface area contributed by atoms with Crippen LogP contribution in [-0.2, 0) is 19.1 Å². The average molecular weight is 523 g/mol. The van der Waals surface area contributed by atoms with Gasteiger partial charge in [-0.2, -0.15) is 0 Å². The second-order valence-electron chi connectivity index (χ2n) is 5.25. The Morgan fingerprint density at radius 2 is 1.89 bits per heavy atom. The van der Waals surface area contributed by atoms with Crippen molar-refractivity contribution in [1.82, 2.24) is 4.90 Å². The molecule has 0 saturated carbocycles. The number of hydrogen-bond donors (Lipinski definition) is 1. The third-order valence-corrected chi connectivity index (χ3v) is 5.47. The first-order valence-electron chi connectivity index (χ1n) is 7.34. The van der Waals surface area contributed by atoms with E-state index < -0.39 is 35.7 Å². The van der Waals surface area contributed by atoms with Gasteiger partial charge in [0.05, 0.1) is 21.0 Å². The number of amides is 2. The van der Waals surface area contributed by atoms with Crippen LogP contribution in [0.2, 0.25) is 0 Å². The molecule has 1 fully saturated rings. The molecule has 2 rings (SSSR count). The molecule has 1 aliphatic heterocycles. The Morgan fingerprint density at radius 3 is 2.41 bits per heavy atom. The van der Waals surface area contributed by atoms with Crippen molar-refractivity contribution in [2.24, 2.45) is 0 Å². The van der Waals surface area contributed by atoms with Crippen LogP contribution in [0.5, 0.6) is 5.75 Å². The van der Waals surface area contributed by atoms with Gasteiger partial charge in [-0.15, -0.1) is 0 Å². The number of carboxylic acid groups (broad SMARTS) is 1. The van der Waals surface area contributed by atoms with Crippen LogP contribution in [0.1, 0.15) is 12.5 Å². The number of carboxylic acids is 1. The maximum atomic E-state index is 12.5. The van der Waals surface area contributed by atoms with Gasteiger partial charge in [0.25, 0.3) is 11.1 Å². The fourth-order valence-electron chi connectivity index (χ4n) is 2.18. The number of rotatable bonds is 6. The van der Waals surface area contributed by atoms with Gasteiger partial charge in [0.15, 0.2) is 6.61 Å². The Morgan fingerprint density at radius 1 is 1.30 bits per heavy atom. The molecule has 11 heteroatoms. The lowest BCUT2D eigenvalue weighted by Gasteiger charge is -2.18. The van der Waals surface area contributed by atoms with E-state index in [9.17, 15) is 19.2 Å². The minimum Gasteiger partial charge on any atom is -0.480 e. The lowest BCUT2D eigenvalue weighted by Crippen LogP contribution is -2.42. The normalized spacial score (nSPS) is 16.6. The van der Waals surface area contributed by atoms with Crippen LogP contribution in [0.3, 0.4) is 0 Å². The molecule has 0 radical (unpaired) electrons. The highest BCUT2D eigenvalue weighted by molar-refractivity contribution is 9.11. The van der Waals surface area contributed by atoms with Crippen LogP contribution in [0.25, 0.3) is 6.08 Å². The van der Waals surface area contributed by atoms with Crippen LogP contribution in [0, 0.1) is 0 Å². The second kappa shape index (κ2) is 8.89. The van der Waals surface area contributed by atoms with Gasteiger partial charge < -0.3 is 14.6 Å². The molecule has 1 atom stereocenters. The third-order valence-electron chi connectivity index (χ3n) is 3.41. The lowest BCUT2D eigenvalue weighted by atomic mass is 10.2. The smallest absolute Gasteiger partial charge is 0.341 e. The standard InChI is InChI=1S/C16H13Br2NO7S/c1-7(15(23)25-2)19-14(22)11(27-16(19)24)5-8-3-9(17)13(10(18)4-8)26-6-12(20)21/h3-5,7H,6H2,1-2H3,(H,20,21)/b11-5+/t7-/m0/s1. The van der Waals surface area contributed by atoms with Gasteiger partial charge in [-0.1, -0.05) is 0 Å². The zero-order valence-corrected chi connectivity index (χ0v) is 18.0. The van der Waals surface area contributed by atoms with Gasteiger partial charge in [0, 0.05) is 0 Å². The maximum absolute atomic E-state index is 12.5. The first-order chi connectivity index (χ1) is 12.6. The van der Waals surface area contributed by atoms with Crippen LogP contribution >= 0.6 is 43.6 Å². The summed E-state index contributed by atoms with van der Waals surface area (Å²) in [6.45, 7) is 0.897. The number of imide groups is 1. The topological polar surface area (TPSA) is 110 Å². The molecule has 27 heavy (non-hydrogen) atoms. The van der Waals surface area contributed by atoms with Gasteiger partial charge in [-0.05, 0) is 74.3 Å². The predicted octanol–water partition coefficient (Wildman–Crippen LogP) is 3.27. The highest BCUT2D eigenvalue weighted by Gasteiger charge is 2.41. The molecular weight excluding hydrogens is 510 g/mol. The predicted molar refractivity (Wildman–Crippen MR) is 104 cm³/mol. The van der Waals surface area contributed by atoms with Crippen molar-refractivity contribution < 1.29 is 33.8 Å². The first kappa shape index (κ1) is 21.5. The van der Waals surface area contributed by atoms with E-state index in [1.54, 1.807) is 12.1 Å². The van der Waals surface area contributed by atoms with Gasteiger partial charge in [-0.25, -0.2) is 9.59 Å². The summed E-state index contributed by atoms with van der Waals surface area (Å²) in [4.78, 5) is 47.9. The van der Waals surface area contributed by atoms with Crippen LogP contribution in [0.15, 0.2) is 26.0 Å². The number of methoxy groups -OCH3 is 1. The van der Waals surface area contributed by atoms with Crippen LogP contribution in [-0.4, -0.2) is 52.8 Å². The van der Waals surface area contributed by atoms with E-state index >= 15 is 0 Å². The summed E-state index contributed by atoms with van der Waals surface area (Å²) in [6, 6.07) is 2.19. The fourth-order valence-corrected chi connectivity index (χ4v) is 4.53. The number of aliphatic carboxylic acids is 1. The Labute approximate surface area is 175 Å². The maximum Gasteiger partial charge on any atom is 0.341 e. The number of halogens is 2. The molecule has 144 valence electrons. The molecule has 1 N–H and O–H groups in total. The highest BCUT2D eigenvalue weighted by atomic mass is 79.9. The Balaban J connectivity index is 2.29. The molecule has 1 aliphatic rings. The van der Waals surface area contributed by atoms with Crippen LogP contribution < -0.4 is 4.74 Å². The molecular formula is C16H13Br2NO7S. The molecule has 0 aliphatic carbocycles. The van der Waals surface area contributed by atoms with E-state index in [1.807, 2.05) is 0 Å². The lowest BCUT2D eigenvalue weighted by molar-refractivity contribution is -0.148. The largest absolute Gasteiger partial charge is 0.480 e. The Hall–Kier alpha value is -1.85. The fraction of sp³-hybridized carbons (Fsp3) is 0.250. The van der Waals surface area contributed by atoms with Crippen molar-refractivity contribution in [3.63, 3.8) is 0 Å². The van der Waals surface area contributed by atoms with Crippen molar-refractivity contribution in [3.8, 4) is 5.75 Å². The molecule has 1 aromatic rings. The van der Waals surface area contributed by atoms with E-state index in [1.165, 1.54) is 20.1 Å². The third kappa shape index (κ3) is 4.90. The number of carbonyl (C=O) groups is 4. The average Bonchev–Trinajstić information content (AvgIpc) is 2.86. The second-order valence-corrected chi connectivity index (χ2v) is 7.95. The van der Waals surface area contributed by atoms with Gasteiger partial charge in [-0.3, -0.25) is 14.5 Å². The van der Waals surface area contributed by atoms with Gasteiger partial charge in [0.2, 0.25) is 0 Å². The quantitative estimate of drug-likeness (QED) is 0.447. The Bertz CT molecular complexity index is 832. The summed E-state index contributed by atoms with van der Waals surface area (Å²) in [6.07, 6.45) is 1.49. The molecule has 2 amide bonds. The van der Waals surface area contributed by atoms with Crippen molar-refractivity contribution in [2.45, 2.75) is 13.0 Å². The first-order valence-corrected chi connectivity index (χ1v) is 9.74. The summed E-state index contributed by atoms with van der Waals surface area (Å²) < 4.78 is 10.7. The van der Waals surface area contributed by atoms with Gasteiger partial charge in [0.1, 0.15) is 11.8 Å². The summed E-state index contributed by atoms with van der Waals surface area (Å²) in [5, 5.41) is 8.14. The minimum absolute atomic E-state index is 0.147. The number of benzene rings is 1. The molecule has 1 aromatic carbocycles. The van der Waals surface area contributed by atoms with Crippen molar-refractivity contribution in [3.05, 3.63) is 31.5 Å². The zero-order valence-electron chi connectivity index (χ0n) is 14.0. The number of esters is 1.